The SMILES string of the molecule is Cc1ccnc(N2CCC(C(=O)N3CCSCC3)CC2)n1. The van der Waals surface area contributed by atoms with E-state index in [-0.39, 0.29) is 5.92 Å². The van der Waals surface area contributed by atoms with Gasteiger partial charge in [-0.25, -0.2) is 9.97 Å². The van der Waals surface area contributed by atoms with Gasteiger partial charge in [0, 0.05) is 55.5 Å². The summed E-state index contributed by atoms with van der Waals surface area (Å²) in [6.45, 7) is 5.58. The van der Waals surface area contributed by atoms with Crippen molar-refractivity contribution in [1.29, 1.82) is 0 Å². The van der Waals surface area contributed by atoms with E-state index in [0.29, 0.717) is 5.91 Å². The van der Waals surface area contributed by atoms with E-state index in [0.717, 1.165) is 62.2 Å². The standard InChI is InChI=1S/C15H22N4OS/c1-12-2-5-16-15(17-12)19-6-3-13(4-7-19)14(20)18-8-10-21-11-9-18/h2,5,13H,3-4,6-11H2,1H3. The van der Waals surface area contributed by atoms with E-state index in [1.165, 1.54) is 0 Å². The van der Waals surface area contributed by atoms with Crippen LogP contribution < -0.4 is 4.90 Å². The van der Waals surface area contributed by atoms with Crippen molar-refractivity contribution in [3.63, 3.8) is 0 Å². The van der Waals surface area contributed by atoms with Gasteiger partial charge in [-0.15, -0.1) is 0 Å². The van der Waals surface area contributed by atoms with Crippen molar-refractivity contribution in [1.82, 2.24) is 14.9 Å². The molecule has 2 saturated heterocycles. The molecule has 3 rings (SSSR count). The average molecular weight is 306 g/mol. The lowest BCUT2D eigenvalue weighted by molar-refractivity contribution is -0.135. The van der Waals surface area contributed by atoms with Crippen molar-refractivity contribution < 1.29 is 4.79 Å². The Balaban J connectivity index is 1.56. The molecule has 114 valence electrons. The van der Waals surface area contributed by atoms with Crippen LogP contribution in [0.2, 0.25) is 0 Å². The Morgan fingerprint density at radius 2 is 1.95 bits per heavy atom. The van der Waals surface area contributed by atoms with Crippen LogP contribution in [0.3, 0.4) is 0 Å². The quantitative estimate of drug-likeness (QED) is 0.830. The zero-order valence-corrected chi connectivity index (χ0v) is 13.3. The van der Waals surface area contributed by atoms with Crippen molar-refractivity contribution in [2.75, 3.05) is 42.6 Å². The number of thioether (sulfide) groups is 1. The number of aryl methyl sites for hydroxylation is 1. The summed E-state index contributed by atoms with van der Waals surface area (Å²) >= 11 is 1.94. The Labute approximate surface area is 130 Å². The molecule has 0 aliphatic carbocycles. The van der Waals surface area contributed by atoms with Gasteiger partial charge in [-0.3, -0.25) is 4.79 Å². The van der Waals surface area contributed by atoms with Crippen LogP contribution in [0.1, 0.15) is 18.5 Å². The van der Waals surface area contributed by atoms with Crippen LogP contribution in [0.15, 0.2) is 12.3 Å². The van der Waals surface area contributed by atoms with Gasteiger partial charge >= 0.3 is 0 Å². The number of piperidine rings is 1. The first-order valence-electron chi connectivity index (χ1n) is 7.65. The van der Waals surface area contributed by atoms with Gasteiger partial charge in [-0.05, 0) is 25.8 Å². The molecule has 2 aliphatic heterocycles. The highest BCUT2D eigenvalue weighted by molar-refractivity contribution is 7.99. The summed E-state index contributed by atoms with van der Waals surface area (Å²) in [5.74, 6) is 3.52. The molecule has 0 bridgehead atoms. The van der Waals surface area contributed by atoms with Gasteiger partial charge in [0.1, 0.15) is 0 Å². The maximum absolute atomic E-state index is 12.5. The molecular formula is C15H22N4OS. The summed E-state index contributed by atoms with van der Waals surface area (Å²) in [6.07, 6.45) is 3.64. The molecule has 0 saturated carbocycles. The minimum absolute atomic E-state index is 0.189. The van der Waals surface area contributed by atoms with Crippen LogP contribution in [0.4, 0.5) is 5.95 Å². The molecule has 0 spiro atoms. The van der Waals surface area contributed by atoms with Gasteiger partial charge in [-0.1, -0.05) is 0 Å². The Kier molecular flexibility index (Phi) is 4.63. The molecular weight excluding hydrogens is 284 g/mol. The molecule has 2 aliphatic rings. The fourth-order valence-electron chi connectivity index (χ4n) is 2.96. The van der Waals surface area contributed by atoms with Gasteiger partial charge in [-0.2, -0.15) is 11.8 Å². The second-order valence-corrected chi connectivity index (χ2v) is 6.92. The van der Waals surface area contributed by atoms with Crippen LogP contribution >= 0.6 is 11.8 Å². The summed E-state index contributed by atoms with van der Waals surface area (Å²) in [6, 6.07) is 1.91. The minimum atomic E-state index is 0.189. The summed E-state index contributed by atoms with van der Waals surface area (Å²) in [7, 11) is 0. The summed E-state index contributed by atoms with van der Waals surface area (Å²) in [5, 5.41) is 0. The van der Waals surface area contributed by atoms with Crippen LogP contribution in [-0.4, -0.2) is 58.5 Å². The van der Waals surface area contributed by atoms with Crippen molar-refractivity contribution in [2.24, 2.45) is 5.92 Å². The number of aromatic nitrogens is 2. The third-order valence-electron chi connectivity index (χ3n) is 4.23. The number of hydrogen-bond donors (Lipinski definition) is 0. The van der Waals surface area contributed by atoms with Crippen LogP contribution in [0.25, 0.3) is 0 Å². The fraction of sp³-hybridized carbons (Fsp3) is 0.667. The molecule has 6 heteroatoms. The summed E-state index contributed by atoms with van der Waals surface area (Å²) < 4.78 is 0. The number of anilines is 1. The fourth-order valence-corrected chi connectivity index (χ4v) is 3.86. The van der Waals surface area contributed by atoms with E-state index in [1.54, 1.807) is 6.20 Å². The molecule has 0 N–H and O–H groups in total. The maximum Gasteiger partial charge on any atom is 0.225 e. The van der Waals surface area contributed by atoms with Gasteiger partial charge in [0.05, 0.1) is 0 Å². The Bertz CT molecular complexity index is 496. The van der Waals surface area contributed by atoms with E-state index in [1.807, 2.05) is 24.8 Å². The third-order valence-corrected chi connectivity index (χ3v) is 5.17. The predicted octanol–water partition coefficient (Wildman–Crippen LogP) is 1.58. The second-order valence-electron chi connectivity index (χ2n) is 5.70. The molecule has 0 unspecified atom stereocenters. The van der Waals surface area contributed by atoms with E-state index < -0.39 is 0 Å². The number of rotatable bonds is 2. The first kappa shape index (κ1) is 14.6. The molecule has 2 fully saturated rings. The number of nitrogens with zero attached hydrogens (tertiary/aromatic N) is 4. The Hall–Kier alpha value is -1.30. The zero-order valence-electron chi connectivity index (χ0n) is 12.5. The Morgan fingerprint density at radius 1 is 1.24 bits per heavy atom. The highest BCUT2D eigenvalue weighted by Crippen LogP contribution is 2.23. The summed E-state index contributed by atoms with van der Waals surface area (Å²) in [5.41, 5.74) is 0.990. The maximum atomic E-state index is 12.5. The molecule has 1 amide bonds. The molecule has 5 nitrogen and oxygen atoms in total. The lowest BCUT2D eigenvalue weighted by Crippen LogP contribution is -2.45. The van der Waals surface area contributed by atoms with E-state index in [2.05, 4.69) is 19.8 Å². The Morgan fingerprint density at radius 3 is 2.62 bits per heavy atom. The van der Waals surface area contributed by atoms with Gasteiger partial charge in [0.25, 0.3) is 0 Å². The molecule has 1 aromatic heterocycles. The predicted molar refractivity (Wildman–Crippen MR) is 85.6 cm³/mol. The molecule has 0 atom stereocenters. The molecule has 1 aromatic rings. The number of amides is 1. The molecule has 3 heterocycles. The highest BCUT2D eigenvalue weighted by Gasteiger charge is 2.29. The number of carbonyl (C=O) groups is 1. The van der Waals surface area contributed by atoms with Crippen LogP contribution in [0, 0.1) is 12.8 Å². The van der Waals surface area contributed by atoms with Crippen molar-refractivity contribution in [3.8, 4) is 0 Å². The van der Waals surface area contributed by atoms with Gasteiger partial charge in [0.15, 0.2) is 0 Å². The van der Waals surface area contributed by atoms with Crippen molar-refractivity contribution in [2.45, 2.75) is 19.8 Å². The van der Waals surface area contributed by atoms with Gasteiger partial charge < -0.3 is 9.80 Å². The smallest absolute Gasteiger partial charge is 0.225 e. The van der Waals surface area contributed by atoms with E-state index >= 15 is 0 Å². The molecule has 21 heavy (non-hydrogen) atoms. The van der Waals surface area contributed by atoms with Crippen LogP contribution in [0.5, 0.6) is 0 Å². The van der Waals surface area contributed by atoms with E-state index in [9.17, 15) is 4.79 Å². The lowest BCUT2D eigenvalue weighted by atomic mass is 9.95. The van der Waals surface area contributed by atoms with Crippen LogP contribution in [-0.2, 0) is 4.79 Å². The summed E-state index contributed by atoms with van der Waals surface area (Å²) in [4.78, 5) is 25.6. The average Bonchev–Trinajstić information content (AvgIpc) is 2.55. The lowest BCUT2D eigenvalue weighted by Gasteiger charge is -2.35. The third kappa shape index (κ3) is 3.48. The molecule has 0 radical (unpaired) electrons. The first-order chi connectivity index (χ1) is 10.2. The monoisotopic (exact) mass is 306 g/mol. The first-order valence-corrected chi connectivity index (χ1v) is 8.80. The molecule has 0 aromatic carbocycles. The van der Waals surface area contributed by atoms with Crippen molar-refractivity contribution >= 4 is 23.6 Å². The number of carbonyl (C=O) groups excluding carboxylic acids is 1. The van der Waals surface area contributed by atoms with E-state index in [4.69, 9.17) is 0 Å². The highest BCUT2D eigenvalue weighted by atomic mass is 32.2. The largest absolute Gasteiger partial charge is 0.341 e. The van der Waals surface area contributed by atoms with Gasteiger partial charge in [0.2, 0.25) is 11.9 Å². The topological polar surface area (TPSA) is 49.3 Å². The second kappa shape index (κ2) is 6.64. The van der Waals surface area contributed by atoms with Crippen molar-refractivity contribution in [3.05, 3.63) is 18.0 Å². The normalized spacial score (nSPS) is 20.6. The number of hydrogen-bond acceptors (Lipinski definition) is 5. The zero-order chi connectivity index (χ0) is 14.7. The minimum Gasteiger partial charge on any atom is -0.341 e.